The predicted octanol–water partition coefficient (Wildman–Crippen LogP) is 3.67. The molecule has 5 nitrogen and oxygen atoms in total. The summed E-state index contributed by atoms with van der Waals surface area (Å²) in [6, 6.07) is 19.2. The fraction of sp³-hybridized carbons (Fsp3) is 0. The molecule has 0 atom stereocenters. The third kappa shape index (κ3) is 2.75. The van der Waals surface area contributed by atoms with Crippen LogP contribution in [0.25, 0.3) is 16.6 Å². The lowest BCUT2D eigenvalue weighted by Crippen LogP contribution is -2.12. The second-order valence-electron chi connectivity index (χ2n) is 5.37. The van der Waals surface area contributed by atoms with E-state index in [-0.39, 0.29) is 5.91 Å². The molecule has 0 aliphatic rings. The van der Waals surface area contributed by atoms with Crippen molar-refractivity contribution in [2.45, 2.75) is 0 Å². The number of amides is 1. The molecule has 0 fully saturated rings. The zero-order valence-corrected chi connectivity index (χ0v) is 12.8. The lowest BCUT2D eigenvalue weighted by molar-refractivity contribution is 0.102. The zero-order chi connectivity index (χ0) is 16.4. The summed E-state index contributed by atoms with van der Waals surface area (Å²) < 4.78 is 1.64. The molecule has 1 amide bonds. The van der Waals surface area contributed by atoms with Gasteiger partial charge in [0.05, 0.1) is 5.56 Å². The van der Waals surface area contributed by atoms with Gasteiger partial charge in [0.15, 0.2) is 5.82 Å². The second kappa shape index (κ2) is 5.96. The average Bonchev–Trinajstić information content (AvgIpc) is 3.16. The van der Waals surface area contributed by atoms with Gasteiger partial charge in [0.25, 0.3) is 5.91 Å². The third-order valence-electron chi connectivity index (χ3n) is 3.76. The molecule has 5 heteroatoms. The van der Waals surface area contributed by atoms with Gasteiger partial charge in [-0.05, 0) is 41.1 Å². The van der Waals surface area contributed by atoms with Crippen LogP contribution in [0.2, 0.25) is 0 Å². The number of pyridine rings is 1. The molecular weight excluding hydrogens is 300 g/mol. The Hall–Kier alpha value is -3.47. The molecule has 24 heavy (non-hydrogen) atoms. The number of aromatic nitrogens is 3. The lowest BCUT2D eigenvalue weighted by atomic mass is 10.1. The quantitative estimate of drug-likeness (QED) is 0.627. The van der Waals surface area contributed by atoms with Crippen LogP contribution >= 0.6 is 0 Å². The number of nitrogens with zero attached hydrogens (tertiary/aromatic N) is 3. The Labute approximate surface area is 138 Å². The van der Waals surface area contributed by atoms with Crippen molar-refractivity contribution in [3.63, 3.8) is 0 Å². The van der Waals surface area contributed by atoms with Crippen LogP contribution < -0.4 is 5.32 Å². The molecule has 4 rings (SSSR count). The Bertz CT molecular complexity index is 992. The fourth-order valence-electron chi connectivity index (χ4n) is 2.53. The van der Waals surface area contributed by atoms with Crippen LogP contribution in [0, 0.1) is 0 Å². The first kappa shape index (κ1) is 14.1. The number of hydrogen-bond donors (Lipinski definition) is 1. The van der Waals surface area contributed by atoms with Crippen molar-refractivity contribution < 1.29 is 4.79 Å². The van der Waals surface area contributed by atoms with Crippen molar-refractivity contribution in [3.05, 3.63) is 84.8 Å². The highest BCUT2D eigenvalue weighted by atomic mass is 16.1. The number of fused-ring (bicyclic) bond motifs is 1. The van der Waals surface area contributed by atoms with E-state index in [0.29, 0.717) is 11.4 Å². The minimum atomic E-state index is -0.190. The molecule has 0 bridgehead atoms. The topological polar surface area (TPSA) is 59.8 Å². The fourth-order valence-corrected chi connectivity index (χ4v) is 2.53. The largest absolute Gasteiger partial charge is 0.322 e. The summed E-state index contributed by atoms with van der Waals surface area (Å²) in [7, 11) is 0. The predicted molar refractivity (Wildman–Crippen MR) is 93.3 cm³/mol. The SMILES string of the molecule is O=C(Nc1ccc2ccccc2c1)c1ccc(-n2cccn2)nc1. The van der Waals surface area contributed by atoms with Gasteiger partial charge >= 0.3 is 0 Å². The average molecular weight is 314 g/mol. The summed E-state index contributed by atoms with van der Waals surface area (Å²) in [5, 5.41) is 9.24. The summed E-state index contributed by atoms with van der Waals surface area (Å²) in [6.07, 6.45) is 5.03. The molecule has 0 unspecified atom stereocenters. The van der Waals surface area contributed by atoms with E-state index in [4.69, 9.17) is 0 Å². The van der Waals surface area contributed by atoms with Crippen LogP contribution in [0.3, 0.4) is 0 Å². The van der Waals surface area contributed by atoms with Gasteiger partial charge in [-0.1, -0.05) is 30.3 Å². The van der Waals surface area contributed by atoms with Crippen LogP contribution in [0.4, 0.5) is 5.69 Å². The maximum atomic E-state index is 12.4. The Kier molecular flexibility index (Phi) is 3.51. The summed E-state index contributed by atoms with van der Waals surface area (Å²) in [5.41, 5.74) is 1.26. The van der Waals surface area contributed by atoms with Crippen molar-refractivity contribution in [1.29, 1.82) is 0 Å². The van der Waals surface area contributed by atoms with E-state index in [0.717, 1.165) is 16.5 Å². The summed E-state index contributed by atoms with van der Waals surface area (Å²) in [4.78, 5) is 16.6. The number of benzene rings is 2. The molecule has 4 aromatic rings. The number of anilines is 1. The first-order valence-electron chi connectivity index (χ1n) is 7.56. The van der Waals surface area contributed by atoms with Gasteiger partial charge < -0.3 is 5.32 Å². The van der Waals surface area contributed by atoms with Crippen molar-refractivity contribution >= 4 is 22.4 Å². The maximum absolute atomic E-state index is 12.4. The Morgan fingerprint density at radius 3 is 2.58 bits per heavy atom. The van der Waals surface area contributed by atoms with Gasteiger partial charge in [-0.2, -0.15) is 5.10 Å². The normalized spacial score (nSPS) is 10.7. The number of nitrogens with one attached hydrogen (secondary N) is 1. The van der Waals surface area contributed by atoms with E-state index in [1.165, 1.54) is 0 Å². The minimum absolute atomic E-state index is 0.190. The van der Waals surface area contributed by atoms with Crippen LogP contribution in [0.5, 0.6) is 0 Å². The molecule has 0 aliphatic heterocycles. The van der Waals surface area contributed by atoms with Gasteiger partial charge in [0, 0.05) is 24.3 Å². The van der Waals surface area contributed by atoms with Gasteiger partial charge in [-0.25, -0.2) is 9.67 Å². The van der Waals surface area contributed by atoms with Gasteiger partial charge in [-0.15, -0.1) is 0 Å². The number of hydrogen-bond acceptors (Lipinski definition) is 3. The summed E-state index contributed by atoms with van der Waals surface area (Å²) in [6.45, 7) is 0. The van der Waals surface area contributed by atoms with Crippen molar-refractivity contribution in [2.24, 2.45) is 0 Å². The van der Waals surface area contributed by atoms with E-state index in [1.54, 1.807) is 35.4 Å². The van der Waals surface area contributed by atoms with Crippen LogP contribution in [0.1, 0.15) is 10.4 Å². The molecule has 0 radical (unpaired) electrons. The zero-order valence-electron chi connectivity index (χ0n) is 12.8. The third-order valence-corrected chi connectivity index (χ3v) is 3.76. The van der Waals surface area contributed by atoms with E-state index >= 15 is 0 Å². The Morgan fingerprint density at radius 2 is 1.83 bits per heavy atom. The van der Waals surface area contributed by atoms with Crippen molar-refractivity contribution in [3.8, 4) is 5.82 Å². The number of rotatable bonds is 3. The minimum Gasteiger partial charge on any atom is -0.322 e. The molecule has 2 aromatic carbocycles. The second-order valence-corrected chi connectivity index (χ2v) is 5.37. The molecule has 1 N–H and O–H groups in total. The first-order chi connectivity index (χ1) is 11.8. The Balaban J connectivity index is 1.54. The highest BCUT2D eigenvalue weighted by Crippen LogP contribution is 2.19. The van der Waals surface area contributed by atoms with Crippen LogP contribution in [-0.4, -0.2) is 20.7 Å². The van der Waals surface area contributed by atoms with Crippen molar-refractivity contribution in [1.82, 2.24) is 14.8 Å². The molecule has 0 saturated carbocycles. The highest BCUT2D eigenvalue weighted by Gasteiger charge is 2.08. The van der Waals surface area contributed by atoms with E-state index in [9.17, 15) is 4.79 Å². The monoisotopic (exact) mass is 314 g/mol. The molecule has 0 spiro atoms. The van der Waals surface area contributed by atoms with Gasteiger partial charge in [0.1, 0.15) is 0 Å². The standard InChI is InChI=1S/C19H14N4O/c24-19(16-7-9-18(20-13-16)23-11-3-10-21-23)22-17-8-6-14-4-1-2-5-15(14)12-17/h1-13H,(H,22,24). The van der Waals surface area contributed by atoms with E-state index < -0.39 is 0 Å². The lowest BCUT2D eigenvalue weighted by Gasteiger charge is -2.07. The van der Waals surface area contributed by atoms with Crippen molar-refractivity contribution in [2.75, 3.05) is 5.32 Å². The molecule has 0 aliphatic carbocycles. The Morgan fingerprint density at radius 1 is 0.958 bits per heavy atom. The maximum Gasteiger partial charge on any atom is 0.257 e. The summed E-state index contributed by atoms with van der Waals surface area (Å²) in [5.74, 6) is 0.479. The molecule has 116 valence electrons. The molecule has 2 heterocycles. The smallest absolute Gasteiger partial charge is 0.257 e. The summed E-state index contributed by atoms with van der Waals surface area (Å²) >= 11 is 0. The van der Waals surface area contributed by atoms with E-state index in [2.05, 4.69) is 15.4 Å². The van der Waals surface area contributed by atoms with E-state index in [1.807, 2.05) is 48.5 Å². The van der Waals surface area contributed by atoms with Gasteiger partial charge in [-0.3, -0.25) is 4.79 Å². The number of carbonyl (C=O) groups is 1. The first-order valence-corrected chi connectivity index (χ1v) is 7.56. The molecule has 0 saturated heterocycles. The number of carbonyl (C=O) groups excluding carboxylic acids is 1. The highest BCUT2D eigenvalue weighted by molar-refractivity contribution is 6.05. The van der Waals surface area contributed by atoms with Crippen LogP contribution in [-0.2, 0) is 0 Å². The van der Waals surface area contributed by atoms with Gasteiger partial charge in [0.2, 0.25) is 0 Å². The van der Waals surface area contributed by atoms with Crippen LogP contribution in [0.15, 0.2) is 79.3 Å². The molecular formula is C19H14N4O. The molecule has 2 aromatic heterocycles.